The fourth-order valence-electron chi connectivity index (χ4n) is 6.63. The van der Waals surface area contributed by atoms with Gasteiger partial charge in [-0.05, 0) is 88.4 Å². The molecule has 2 amide bonds. The first-order valence-electron chi connectivity index (χ1n) is 15.5. The van der Waals surface area contributed by atoms with Crippen LogP contribution in [0.25, 0.3) is 11.0 Å². The smallest absolute Gasteiger partial charge is 0.407 e. The monoisotopic (exact) mass is 661 g/mol. The number of benzene rings is 2. The number of aliphatic hydroxyl groups is 1. The zero-order chi connectivity index (χ0) is 32.8. The van der Waals surface area contributed by atoms with Crippen LogP contribution in [0.1, 0.15) is 63.9 Å². The van der Waals surface area contributed by atoms with Gasteiger partial charge in [-0.15, -0.1) is 0 Å². The largest absolute Gasteiger partial charge is 0.486 e. The highest BCUT2D eigenvalue weighted by atomic mass is 35.5. The normalized spacial score (nSPS) is 22.7. The van der Waals surface area contributed by atoms with E-state index >= 15 is 8.78 Å². The fraction of sp³-hybridized carbons (Fsp3) is 0.515. The molecule has 1 aromatic heterocycles. The fourth-order valence-corrected chi connectivity index (χ4v) is 6.81. The van der Waals surface area contributed by atoms with Crippen molar-refractivity contribution in [1.82, 2.24) is 15.5 Å². The van der Waals surface area contributed by atoms with Gasteiger partial charge in [-0.25, -0.2) is 4.79 Å². The summed E-state index contributed by atoms with van der Waals surface area (Å²) in [5.41, 5.74) is -0.0827. The minimum atomic E-state index is -4.04. The molecule has 3 aliphatic heterocycles. The van der Waals surface area contributed by atoms with Crippen LogP contribution in [0.5, 0.6) is 11.5 Å². The molecule has 0 spiro atoms. The second-order valence-electron chi connectivity index (χ2n) is 13.2. The van der Waals surface area contributed by atoms with Crippen LogP contribution in [0.3, 0.4) is 0 Å². The highest BCUT2D eigenvalue weighted by Crippen LogP contribution is 2.39. The summed E-state index contributed by atoms with van der Waals surface area (Å²) < 4.78 is 53.3. The molecular formula is C33H38ClF2N3O7. The van der Waals surface area contributed by atoms with Gasteiger partial charge in [0, 0.05) is 35.1 Å². The molecule has 4 heterocycles. The molecule has 4 unspecified atom stereocenters. The molecule has 4 atom stereocenters. The van der Waals surface area contributed by atoms with Crippen molar-refractivity contribution < 1.29 is 42.1 Å². The number of halogens is 3. The van der Waals surface area contributed by atoms with Crippen LogP contribution in [0.15, 0.2) is 46.9 Å². The molecule has 2 bridgehead atoms. The third-order valence-electron chi connectivity index (χ3n) is 8.69. The second-order valence-corrected chi connectivity index (χ2v) is 13.6. The minimum absolute atomic E-state index is 0.00573. The van der Waals surface area contributed by atoms with Crippen LogP contribution in [0.4, 0.5) is 13.6 Å². The van der Waals surface area contributed by atoms with Crippen LogP contribution in [-0.2, 0) is 15.5 Å². The Morgan fingerprint density at radius 2 is 1.74 bits per heavy atom. The first-order valence-corrected chi connectivity index (χ1v) is 15.9. The molecule has 2 aromatic carbocycles. The number of rotatable bonds is 8. The Kier molecular flexibility index (Phi) is 8.81. The van der Waals surface area contributed by atoms with E-state index in [0.29, 0.717) is 53.5 Å². The zero-order valence-corrected chi connectivity index (χ0v) is 26.6. The molecule has 0 saturated carbocycles. The average Bonchev–Trinajstić information content (AvgIpc) is 3.52. The highest BCUT2D eigenvalue weighted by molar-refractivity contribution is 6.31. The molecule has 248 valence electrons. The molecule has 2 fully saturated rings. The number of alkyl carbamates (subject to hydrolysis) is 1. The molecule has 3 aromatic rings. The maximum atomic E-state index is 15.7. The maximum absolute atomic E-state index is 15.7. The van der Waals surface area contributed by atoms with Crippen LogP contribution < -0.4 is 20.1 Å². The van der Waals surface area contributed by atoms with Crippen molar-refractivity contribution in [3.63, 3.8) is 0 Å². The topological polar surface area (TPSA) is 123 Å². The van der Waals surface area contributed by atoms with E-state index in [9.17, 15) is 14.7 Å². The van der Waals surface area contributed by atoms with Crippen LogP contribution in [-0.4, -0.2) is 71.5 Å². The summed E-state index contributed by atoms with van der Waals surface area (Å²) in [6.45, 7) is 6.21. The van der Waals surface area contributed by atoms with Gasteiger partial charge < -0.3 is 34.4 Å². The van der Waals surface area contributed by atoms with Crippen LogP contribution >= 0.6 is 11.6 Å². The van der Waals surface area contributed by atoms with Gasteiger partial charge >= 0.3 is 12.0 Å². The number of carbonyl (C=O) groups excluding carboxylic acids is 2. The molecule has 0 aliphatic carbocycles. The van der Waals surface area contributed by atoms with Crippen molar-refractivity contribution in [3.05, 3.63) is 58.8 Å². The number of hydrogen-bond donors (Lipinski definition) is 3. The maximum Gasteiger partial charge on any atom is 0.407 e. The van der Waals surface area contributed by atoms with Crippen LogP contribution in [0, 0.1) is 0 Å². The first kappa shape index (κ1) is 32.3. The van der Waals surface area contributed by atoms with Gasteiger partial charge in [0.25, 0.3) is 5.91 Å². The Bertz CT molecular complexity index is 1600. The predicted octanol–water partition coefficient (Wildman–Crippen LogP) is 5.69. The Morgan fingerprint density at radius 3 is 2.43 bits per heavy atom. The zero-order valence-electron chi connectivity index (χ0n) is 25.9. The molecule has 2 saturated heterocycles. The molecule has 3 N–H and O–H groups in total. The predicted molar refractivity (Wildman–Crippen MR) is 165 cm³/mol. The lowest BCUT2D eigenvalue weighted by Gasteiger charge is -2.41. The number of piperidine rings is 1. The highest BCUT2D eigenvalue weighted by Gasteiger charge is 2.48. The van der Waals surface area contributed by atoms with Crippen LogP contribution in [0.2, 0.25) is 5.02 Å². The molecule has 0 radical (unpaired) electrons. The molecular weight excluding hydrogens is 624 g/mol. The van der Waals surface area contributed by atoms with E-state index in [1.807, 2.05) is 0 Å². The van der Waals surface area contributed by atoms with Gasteiger partial charge in [-0.3, -0.25) is 9.69 Å². The molecule has 46 heavy (non-hydrogen) atoms. The number of ether oxygens (including phenoxy) is 3. The Hall–Kier alpha value is -3.61. The SMILES string of the molecule is CC(C)(C)OC(=O)NC1CC2CCC(C1)N2CC(NC(=O)C(F)(F)c1cc2cc(Cl)ccc2o1)C(O)c1ccc2c(c1)OCCO2. The molecule has 6 rings (SSSR count). The average molecular weight is 662 g/mol. The number of furan rings is 1. The van der Waals surface area contributed by atoms with E-state index in [1.165, 1.54) is 18.2 Å². The van der Waals surface area contributed by atoms with E-state index in [2.05, 4.69) is 15.5 Å². The summed E-state index contributed by atoms with van der Waals surface area (Å²) in [7, 11) is 0. The third kappa shape index (κ3) is 6.89. The van der Waals surface area contributed by atoms with Gasteiger partial charge in [0.2, 0.25) is 0 Å². The summed E-state index contributed by atoms with van der Waals surface area (Å²) in [5.74, 6) is -5.54. The van der Waals surface area contributed by atoms with Crippen molar-refractivity contribution in [2.45, 2.75) is 88.2 Å². The standard InChI is InChI=1S/C33H38ClF2N3O7/c1-32(2,3)46-31(42)37-21-15-22-6-7-23(16-21)39(22)17-24(29(40)18-4-8-26-27(13-18)44-11-10-43-26)38-30(41)33(35,36)28-14-19-12-20(34)5-9-25(19)45-28/h4-5,8-9,12-14,21-24,29,40H,6-7,10-11,15-17H2,1-3H3,(H,37,42)(H,38,41). The quantitative estimate of drug-likeness (QED) is 0.282. The molecule has 3 aliphatic rings. The van der Waals surface area contributed by atoms with Crippen molar-refractivity contribution in [3.8, 4) is 11.5 Å². The van der Waals surface area contributed by atoms with Crippen molar-refractivity contribution in [2.75, 3.05) is 19.8 Å². The summed E-state index contributed by atoms with van der Waals surface area (Å²) in [6.07, 6.45) is 1.05. The number of amides is 2. The summed E-state index contributed by atoms with van der Waals surface area (Å²) in [4.78, 5) is 27.9. The summed E-state index contributed by atoms with van der Waals surface area (Å²) in [6, 6.07) is 9.18. The second kappa shape index (κ2) is 12.5. The Balaban J connectivity index is 1.22. The number of alkyl halides is 2. The number of fused-ring (bicyclic) bond motifs is 4. The van der Waals surface area contributed by atoms with Gasteiger partial charge in [0.05, 0.1) is 6.04 Å². The lowest BCUT2D eigenvalue weighted by Crippen LogP contribution is -2.57. The van der Waals surface area contributed by atoms with Crippen molar-refractivity contribution in [2.24, 2.45) is 0 Å². The van der Waals surface area contributed by atoms with Crippen molar-refractivity contribution >= 4 is 34.6 Å². The number of carbonyl (C=O) groups is 2. The number of hydrogen-bond acceptors (Lipinski definition) is 8. The number of aliphatic hydroxyl groups excluding tert-OH is 1. The van der Waals surface area contributed by atoms with Gasteiger partial charge in [-0.1, -0.05) is 17.7 Å². The number of nitrogens with zero attached hydrogens (tertiary/aromatic N) is 1. The molecule has 10 nitrogen and oxygen atoms in total. The van der Waals surface area contributed by atoms with Crippen molar-refractivity contribution in [1.29, 1.82) is 0 Å². The minimum Gasteiger partial charge on any atom is -0.486 e. The van der Waals surface area contributed by atoms with Gasteiger partial charge in [0.15, 0.2) is 17.3 Å². The van der Waals surface area contributed by atoms with E-state index in [0.717, 1.165) is 18.9 Å². The summed E-state index contributed by atoms with van der Waals surface area (Å²) >= 11 is 6.01. The van der Waals surface area contributed by atoms with E-state index in [1.54, 1.807) is 39.0 Å². The van der Waals surface area contributed by atoms with Gasteiger partial charge in [-0.2, -0.15) is 8.78 Å². The molecule has 13 heteroatoms. The summed E-state index contributed by atoms with van der Waals surface area (Å²) in [5, 5.41) is 17.7. The lowest BCUT2D eigenvalue weighted by molar-refractivity contribution is -0.151. The van der Waals surface area contributed by atoms with Gasteiger partial charge in [0.1, 0.15) is 30.5 Å². The Labute approximate surface area is 270 Å². The van der Waals surface area contributed by atoms with E-state index in [4.69, 9.17) is 30.2 Å². The Morgan fingerprint density at radius 1 is 1.04 bits per heavy atom. The van der Waals surface area contributed by atoms with E-state index in [-0.39, 0.29) is 30.3 Å². The first-order chi connectivity index (χ1) is 21.8. The lowest BCUT2D eigenvalue weighted by atomic mass is 9.94. The van der Waals surface area contributed by atoms with E-state index < -0.39 is 41.4 Å². The number of nitrogens with one attached hydrogen (secondary N) is 2. The third-order valence-corrected chi connectivity index (χ3v) is 8.93.